The lowest BCUT2D eigenvalue weighted by atomic mass is 9.96. The summed E-state index contributed by atoms with van der Waals surface area (Å²) in [7, 11) is 1.91. The van der Waals surface area contributed by atoms with Crippen LogP contribution in [0, 0.1) is 20.8 Å². The highest BCUT2D eigenvalue weighted by Crippen LogP contribution is 2.20. The van der Waals surface area contributed by atoms with Crippen LogP contribution in [0.4, 0.5) is 5.13 Å². The Morgan fingerprint density at radius 3 is 2.33 bits per heavy atom. The standard InChI is InChI=1S/C15H20N2S/c1-10-7-11(2)14(12(3)8-10)6-5-13-9-18-15(16-4)17-13/h7-9H,5-6H2,1-4H3,(H,16,17). The van der Waals surface area contributed by atoms with Crippen LogP contribution in [-0.2, 0) is 12.8 Å². The third kappa shape index (κ3) is 2.91. The Hall–Kier alpha value is -1.35. The van der Waals surface area contributed by atoms with Crippen LogP contribution in [0.3, 0.4) is 0 Å². The summed E-state index contributed by atoms with van der Waals surface area (Å²) >= 11 is 1.67. The minimum absolute atomic E-state index is 1.00. The van der Waals surface area contributed by atoms with Gasteiger partial charge in [0.05, 0.1) is 5.69 Å². The van der Waals surface area contributed by atoms with Crippen LogP contribution in [0.5, 0.6) is 0 Å². The molecule has 0 atom stereocenters. The van der Waals surface area contributed by atoms with Gasteiger partial charge in [-0.1, -0.05) is 17.7 Å². The van der Waals surface area contributed by atoms with E-state index in [4.69, 9.17) is 0 Å². The lowest BCUT2D eigenvalue weighted by Gasteiger charge is -2.10. The number of nitrogens with zero attached hydrogens (tertiary/aromatic N) is 1. The highest BCUT2D eigenvalue weighted by atomic mass is 32.1. The molecule has 3 heteroatoms. The van der Waals surface area contributed by atoms with Crippen LogP contribution >= 0.6 is 11.3 Å². The summed E-state index contributed by atoms with van der Waals surface area (Å²) < 4.78 is 0. The molecule has 0 saturated carbocycles. The quantitative estimate of drug-likeness (QED) is 0.902. The van der Waals surface area contributed by atoms with Crippen LogP contribution in [0.15, 0.2) is 17.5 Å². The Balaban J connectivity index is 2.10. The molecule has 1 aromatic heterocycles. The number of nitrogens with one attached hydrogen (secondary N) is 1. The molecule has 2 nitrogen and oxygen atoms in total. The molecule has 2 rings (SSSR count). The summed E-state index contributed by atoms with van der Waals surface area (Å²) in [5.41, 5.74) is 6.80. The van der Waals surface area contributed by atoms with Crippen molar-refractivity contribution in [2.45, 2.75) is 33.6 Å². The molecule has 0 fully saturated rings. The van der Waals surface area contributed by atoms with Crippen molar-refractivity contribution < 1.29 is 0 Å². The molecule has 18 heavy (non-hydrogen) atoms. The summed E-state index contributed by atoms with van der Waals surface area (Å²) in [6.07, 6.45) is 2.09. The van der Waals surface area contributed by atoms with Crippen molar-refractivity contribution in [2.75, 3.05) is 12.4 Å². The molecule has 0 aliphatic rings. The highest BCUT2D eigenvalue weighted by Gasteiger charge is 2.06. The topological polar surface area (TPSA) is 24.9 Å². The van der Waals surface area contributed by atoms with Crippen molar-refractivity contribution in [1.29, 1.82) is 0 Å². The zero-order valence-electron chi connectivity index (χ0n) is 11.5. The molecule has 0 saturated heterocycles. The van der Waals surface area contributed by atoms with Gasteiger partial charge in [-0.15, -0.1) is 11.3 Å². The maximum Gasteiger partial charge on any atom is 0.182 e. The fraction of sp³-hybridized carbons (Fsp3) is 0.400. The van der Waals surface area contributed by atoms with Gasteiger partial charge in [-0.2, -0.15) is 0 Å². The van der Waals surface area contributed by atoms with E-state index in [9.17, 15) is 0 Å². The molecule has 0 radical (unpaired) electrons. The number of anilines is 1. The molecule has 0 amide bonds. The number of hydrogen-bond donors (Lipinski definition) is 1. The Labute approximate surface area is 113 Å². The average Bonchev–Trinajstić information content (AvgIpc) is 2.75. The number of aromatic nitrogens is 1. The monoisotopic (exact) mass is 260 g/mol. The second kappa shape index (κ2) is 5.53. The van der Waals surface area contributed by atoms with E-state index in [1.807, 2.05) is 7.05 Å². The number of aryl methyl sites for hydroxylation is 4. The van der Waals surface area contributed by atoms with Crippen LogP contribution in [-0.4, -0.2) is 12.0 Å². The summed E-state index contributed by atoms with van der Waals surface area (Å²) in [6, 6.07) is 4.53. The lowest BCUT2D eigenvalue weighted by molar-refractivity contribution is 0.908. The molecule has 1 N–H and O–H groups in total. The molecule has 0 bridgehead atoms. The molecule has 1 aromatic carbocycles. The van der Waals surface area contributed by atoms with E-state index < -0.39 is 0 Å². The van der Waals surface area contributed by atoms with Gasteiger partial charge < -0.3 is 5.32 Å². The highest BCUT2D eigenvalue weighted by molar-refractivity contribution is 7.13. The molecule has 0 aliphatic carbocycles. The van der Waals surface area contributed by atoms with E-state index in [1.165, 1.54) is 27.9 Å². The summed E-state index contributed by atoms with van der Waals surface area (Å²) in [5.74, 6) is 0. The number of hydrogen-bond acceptors (Lipinski definition) is 3. The molecule has 96 valence electrons. The number of benzene rings is 1. The molecular weight excluding hydrogens is 240 g/mol. The van der Waals surface area contributed by atoms with Gasteiger partial charge in [-0.25, -0.2) is 4.98 Å². The van der Waals surface area contributed by atoms with Crippen molar-refractivity contribution in [1.82, 2.24) is 4.98 Å². The summed E-state index contributed by atoms with van der Waals surface area (Å²) in [5, 5.41) is 6.23. The van der Waals surface area contributed by atoms with Crippen molar-refractivity contribution in [3.05, 3.63) is 45.5 Å². The molecule has 2 aromatic rings. The van der Waals surface area contributed by atoms with Crippen LogP contribution in [0.2, 0.25) is 0 Å². The number of thiazole rings is 1. The molecule has 0 aliphatic heterocycles. The minimum Gasteiger partial charge on any atom is -0.365 e. The largest absolute Gasteiger partial charge is 0.365 e. The third-order valence-electron chi connectivity index (χ3n) is 3.24. The van der Waals surface area contributed by atoms with Gasteiger partial charge in [-0.05, 0) is 50.3 Å². The van der Waals surface area contributed by atoms with E-state index in [1.54, 1.807) is 11.3 Å². The fourth-order valence-corrected chi connectivity index (χ4v) is 3.10. The Morgan fingerprint density at radius 1 is 1.11 bits per heavy atom. The van der Waals surface area contributed by atoms with Crippen molar-refractivity contribution in [3.63, 3.8) is 0 Å². The van der Waals surface area contributed by atoms with Gasteiger partial charge >= 0.3 is 0 Å². The first-order valence-corrected chi connectivity index (χ1v) is 7.17. The Kier molecular flexibility index (Phi) is 4.02. The molecule has 0 unspecified atom stereocenters. The van der Waals surface area contributed by atoms with Gasteiger partial charge in [0.1, 0.15) is 0 Å². The zero-order valence-corrected chi connectivity index (χ0v) is 12.3. The third-order valence-corrected chi connectivity index (χ3v) is 4.15. The predicted molar refractivity (Wildman–Crippen MR) is 79.7 cm³/mol. The van der Waals surface area contributed by atoms with Crippen LogP contribution in [0.25, 0.3) is 0 Å². The maximum atomic E-state index is 4.53. The fourth-order valence-electron chi connectivity index (χ4n) is 2.39. The van der Waals surface area contributed by atoms with Gasteiger partial charge in [0.25, 0.3) is 0 Å². The average molecular weight is 260 g/mol. The smallest absolute Gasteiger partial charge is 0.182 e. The van der Waals surface area contributed by atoms with Crippen LogP contribution < -0.4 is 5.32 Å². The maximum absolute atomic E-state index is 4.53. The van der Waals surface area contributed by atoms with Crippen molar-refractivity contribution in [3.8, 4) is 0 Å². The van der Waals surface area contributed by atoms with Gasteiger partial charge in [0.2, 0.25) is 0 Å². The minimum atomic E-state index is 1.00. The van der Waals surface area contributed by atoms with E-state index >= 15 is 0 Å². The Morgan fingerprint density at radius 2 is 1.78 bits per heavy atom. The van der Waals surface area contributed by atoms with Crippen molar-refractivity contribution >= 4 is 16.5 Å². The Bertz CT molecular complexity index is 520. The van der Waals surface area contributed by atoms with E-state index in [0.717, 1.165) is 18.0 Å². The van der Waals surface area contributed by atoms with E-state index in [-0.39, 0.29) is 0 Å². The second-order valence-corrected chi connectivity index (χ2v) is 5.63. The first kappa shape index (κ1) is 13.1. The molecule has 1 heterocycles. The van der Waals surface area contributed by atoms with E-state index in [2.05, 4.69) is 48.6 Å². The zero-order chi connectivity index (χ0) is 13.1. The normalized spacial score (nSPS) is 10.7. The van der Waals surface area contributed by atoms with E-state index in [0.29, 0.717) is 0 Å². The molecule has 0 spiro atoms. The second-order valence-electron chi connectivity index (χ2n) is 4.77. The lowest BCUT2D eigenvalue weighted by Crippen LogP contribution is -1.99. The van der Waals surface area contributed by atoms with Gasteiger partial charge in [-0.3, -0.25) is 0 Å². The summed E-state index contributed by atoms with van der Waals surface area (Å²) in [6.45, 7) is 6.56. The van der Waals surface area contributed by atoms with Crippen molar-refractivity contribution in [2.24, 2.45) is 0 Å². The van der Waals surface area contributed by atoms with Gasteiger partial charge in [0, 0.05) is 12.4 Å². The SMILES string of the molecule is CNc1nc(CCc2c(C)cc(C)cc2C)cs1. The first-order valence-electron chi connectivity index (χ1n) is 6.29. The van der Waals surface area contributed by atoms with Crippen LogP contribution in [0.1, 0.15) is 27.9 Å². The van der Waals surface area contributed by atoms with Gasteiger partial charge in [0.15, 0.2) is 5.13 Å². The summed E-state index contributed by atoms with van der Waals surface area (Å²) in [4.78, 5) is 4.53. The first-order chi connectivity index (χ1) is 8.60. The molecular formula is C15H20N2S. The predicted octanol–water partition coefficient (Wildman–Crippen LogP) is 3.90. The number of rotatable bonds is 4.